The van der Waals surface area contributed by atoms with E-state index in [1.807, 2.05) is 0 Å². The molecule has 2 rings (SSSR count). The fourth-order valence-electron chi connectivity index (χ4n) is 1.89. The average molecular weight is 331 g/mol. The van der Waals surface area contributed by atoms with Crippen molar-refractivity contribution in [2.24, 2.45) is 0 Å². The second-order valence-corrected chi connectivity index (χ2v) is 4.54. The first kappa shape index (κ1) is 16.8. The van der Waals surface area contributed by atoms with E-state index < -0.39 is 29.3 Å². The Kier molecular flexibility index (Phi) is 5.00. The third kappa shape index (κ3) is 3.80. The molecule has 0 saturated carbocycles. The van der Waals surface area contributed by atoms with Crippen molar-refractivity contribution < 1.29 is 34.1 Å². The summed E-state index contributed by atoms with van der Waals surface area (Å²) in [5.41, 5.74) is -0.277. The van der Waals surface area contributed by atoms with Gasteiger partial charge in [0.1, 0.15) is 17.1 Å². The van der Waals surface area contributed by atoms with E-state index in [4.69, 9.17) is 9.84 Å². The zero-order chi connectivity index (χ0) is 17.7. The molecule has 3 N–H and O–H groups in total. The first-order valence-electron chi connectivity index (χ1n) is 6.65. The number of anilines is 1. The summed E-state index contributed by atoms with van der Waals surface area (Å²) < 4.78 is 9.53. The van der Waals surface area contributed by atoms with Crippen molar-refractivity contribution in [3.05, 3.63) is 53.6 Å². The number of carboxylic acids is 1. The molecule has 0 aromatic heterocycles. The number of carbonyl (C=O) groups is 3. The largest absolute Gasteiger partial charge is 0.507 e. The number of hydrogen-bond acceptors (Lipinski definition) is 6. The number of ether oxygens (including phenoxy) is 2. The number of carbonyl (C=O) groups excluding carboxylic acids is 2. The van der Waals surface area contributed by atoms with Crippen LogP contribution >= 0.6 is 0 Å². The molecule has 0 aliphatic carbocycles. The first-order chi connectivity index (χ1) is 11.4. The van der Waals surface area contributed by atoms with Crippen molar-refractivity contribution in [2.75, 3.05) is 12.4 Å². The monoisotopic (exact) mass is 331 g/mol. The standard InChI is InChI=1S/C16H13NO7/c1-23-15(21)9-5-7-10(8-6-9)24-16(22)17-11-3-2-4-12(18)13(11)14(19)20/h2-8,18H,1H3,(H,17,22)(H,19,20). The molecular weight excluding hydrogens is 318 g/mol. The van der Waals surface area contributed by atoms with Crippen molar-refractivity contribution in [3.63, 3.8) is 0 Å². The molecule has 0 aliphatic rings. The van der Waals surface area contributed by atoms with Crippen LogP contribution in [0.5, 0.6) is 11.5 Å². The van der Waals surface area contributed by atoms with Gasteiger partial charge in [-0.15, -0.1) is 0 Å². The van der Waals surface area contributed by atoms with E-state index in [1.165, 1.54) is 49.6 Å². The number of nitrogens with one attached hydrogen (secondary N) is 1. The van der Waals surface area contributed by atoms with E-state index in [-0.39, 0.29) is 17.0 Å². The fraction of sp³-hybridized carbons (Fsp3) is 0.0625. The lowest BCUT2D eigenvalue weighted by atomic mass is 10.1. The molecule has 124 valence electrons. The average Bonchev–Trinajstić information content (AvgIpc) is 2.54. The summed E-state index contributed by atoms with van der Waals surface area (Å²) in [5, 5.41) is 20.8. The van der Waals surface area contributed by atoms with Crippen molar-refractivity contribution >= 4 is 23.7 Å². The number of phenols is 1. The van der Waals surface area contributed by atoms with Crippen LogP contribution in [0.4, 0.5) is 10.5 Å². The summed E-state index contributed by atoms with van der Waals surface area (Å²) in [6, 6.07) is 9.45. The highest BCUT2D eigenvalue weighted by Crippen LogP contribution is 2.25. The second-order valence-electron chi connectivity index (χ2n) is 4.54. The molecule has 0 aliphatic heterocycles. The Labute approximate surface area is 136 Å². The zero-order valence-corrected chi connectivity index (χ0v) is 12.5. The maximum Gasteiger partial charge on any atom is 0.417 e. The Morgan fingerprint density at radius 1 is 1.04 bits per heavy atom. The van der Waals surface area contributed by atoms with Gasteiger partial charge in [0.2, 0.25) is 0 Å². The molecule has 0 fully saturated rings. The number of rotatable bonds is 4. The minimum absolute atomic E-state index is 0.112. The van der Waals surface area contributed by atoms with E-state index in [2.05, 4.69) is 10.1 Å². The van der Waals surface area contributed by atoms with Gasteiger partial charge in [0.15, 0.2) is 0 Å². The molecule has 0 saturated heterocycles. The molecule has 0 unspecified atom stereocenters. The van der Waals surface area contributed by atoms with Crippen LogP contribution in [0.25, 0.3) is 0 Å². The van der Waals surface area contributed by atoms with Crippen LogP contribution in [0.1, 0.15) is 20.7 Å². The number of esters is 1. The van der Waals surface area contributed by atoms with E-state index in [0.717, 1.165) is 0 Å². The van der Waals surface area contributed by atoms with E-state index in [0.29, 0.717) is 0 Å². The molecule has 0 heterocycles. The molecule has 8 nitrogen and oxygen atoms in total. The molecule has 1 amide bonds. The number of carboxylic acid groups (broad SMARTS) is 1. The normalized spacial score (nSPS) is 9.88. The van der Waals surface area contributed by atoms with Gasteiger partial charge in [-0.1, -0.05) is 6.07 Å². The first-order valence-corrected chi connectivity index (χ1v) is 6.65. The van der Waals surface area contributed by atoms with Crippen LogP contribution < -0.4 is 10.1 Å². The van der Waals surface area contributed by atoms with Gasteiger partial charge >= 0.3 is 18.0 Å². The topological polar surface area (TPSA) is 122 Å². The molecule has 0 radical (unpaired) electrons. The molecule has 0 bridgehead atoms. The van der Waals surface area contributed by atoms with Crippen LogP contribution in [-0.2, 0) is 4.74 Å². The summed E-state index contributed by atoms with van der Waals surface area (Å²) in [7, 11) is 1.25. The number of aromatic hydroxyl groups is 1. The molecule has 2 aromatic carbocycles. The maximum absolute atomic E-state index is 11.8. The summed E-state index contributed by atoms with van der Waals surface area (Å²) in [6.45, 7) is 0. The molecular formula is C16H13NO7. The number of hydrogen-bond donors (Lipinski definition) is 3. The lowest BCUT2D eigenvalue weighted by Crippen LogP contribution is -2.18. The third-order valence-corrected chi connectivity index (χ3v) is 2.98. The number of benzene rings is 2. The van der Waals surface area contributed by atoms with Gasteiger partial charge in [-0.3, -0.25) is 5.32 Å². The lowest BCUT2D eigenvalue weighted by molar-refractivity contribution is 0.0599. The van der Waals surface area contributed by atoms with Crippen LogP contribution in [0, 0.1) is 0 Å². The Balaban J connectivity index is 2.10. The predicted molar refractivity (Wildman–Crippen MR) is 82.5 cm³/mol. The van der Waals surface area contributed by atoms with Crippen LogP contribution in [0.3, 0.4) is 0 Å². The highest BCUT2D eigenvalue weighted by molar-refractivity contribution is 6.01. The lowest BCUT2D eigenvalue weighted by Gasteiger charge is -2.10. The Morgan fingerprint density at radius 3 is 2.29 bits per heavy atom. The van der Waals surface area contributed by atoms with Crippen molar-refractivity contribution in [1.82, 2.24) is 0 Å². The summed E-state index contributed by atoms with van der Waals surface area (Å²) >= 11 is 0. The van der Waals surface area contributed by atoms with Crippen molar-refractivity contribution in [2.45, 2.75) is 0 Å². The SMILES string of the molecule is COC(=O)c1ccc(OC(=O)Nc2cccc(O)c2C(=O)O)cc1. The second kappa shape index (κ2) is 7.14. The van der Waals surface area contributed by atoms with Gasteiger partial charge < -0.3 is 19.7 Å². The summed E-state index contributed by atoms with van der Waals surface area (Å²) in [4.78, 5) is 34.3. The Hall–Kier alpha value is -3.55. The number of aromatic carboxylic acids is 1. The van der Waals surface area contributed by atoms with Crippen LogP contribution in [0.2, 0.25) is 0 Å². The highest BCUT2D eigenvalue weighted by Gasteiger charge is 2.17. The van der Waals surface area contributed by atoms with E-state index in [1.54, 1.807) is 0 Å². The van der Waals surface area contributed by atoms with E-state index in [9.17, 15) is 19.5 Å². The Morgan fingerprint density at radius 2 is 1.71 bits per heavy atom. The van der Waals surface area contributed by atoms with Crippen molar-refractivity contribution in [3.8, 4) is 11.5 Å². The van der Waals surface area contributed by atoms with Crippen molar-refractivity contribution in [1.29, 1.82) is 0 Å². The van der Waals surface area contributed by atoms with E-state index >= 15 is 0 Å². The van der Waals surface area contributed by atoms with Gasteiger partial charge in [-0.25, -0.2) is 14.4 Å². The number of methoxy groups -OCH3 is 1. The zero-order valence-electron chi connectivity index (χ0n) is 12.5. The molecule has 8 heteroatoms. The summed E-state index contributed by atoms with van der Waals surface area (Å²) in [5.74, 6) is -2.28. The quantitative estimate of drug-likeness (QED) is 0.736. The molecule has 0 atom stereocenters. The van der Waals surface area contributed by atoms with Crippen LogP contribution in [0.15, 0.2) is 42.5 Å². The minimum atomic E-state index is -1.40. The number of amides is 1. The smallest absolute Gasteiger partial charge is 0.417 e. The Bertz CT molecular complexity index is 784. The highest BCUT2D eigenvalue weighted by atomic mass is 16.6. The van der Waals surface area contributed by atoms with Gasteiger partial charge in [-0.05, 0) is 36.4 Å². The third-order valence-electron chi connectivity index (χ3n) is 2.98. The van der Waals surface area contributed by atoms with Crippen LogP contribution in [-0.4, -0.2) is 35.4 Å². The minimum Gasteiger partial charge on any atom is -0.507 e. The van der Waals surface area contributed by atoms with Gasteiger partial charge in [0, 0.05) is 0 Å². The maximum atomic E-state index is 11.8. The molecule has 2 aromatic rings. The van der Waals surface area contributed by atoms with Gasteiger partial charge in [0.05, 0.1) is 18.4 Å². The molecule has 24 heavy (non-hydrogen) atoms. The molecule has 0 spiro atoms. The predicted octanol–water partition coefficient (Wildman–Crippen LogP) is 2.49. The fourth-order valence-corrected chi connectivity index (χ4v) is 1.89. The van der Waals surface area contributed by atoms with Gasteiger partial charge in [-0.2, -0.15) is 0 Å². The summed E-state index contributed by atoms with van der Waals surface area (Å²) in [6.07, 6.45) is -0.950. The van der Waals surface area contributed by atoms with Gasteiger partial charge in [0.25, 0.3) is 0 Å².